The van der Waals surface area contributed by atoms with Gasteiger partial charge in [-0.25, -0.2) is 4.39 Å². The van der Waals surface area contributed by atoms with E-state index >= 15 is 0 Å². The number of aryl methyl sites for hydroxylation is 2. The van der Waals surface area contributed by atoms with Crippen molar-refractivity contribution in [2.75, 3.05) is 0 Å². The number of hydrogen-bond donors (Lipinski definition) is 0. The molecule has 0 aliphatic rings. The van der Waals surface area contributed by atoms with Crippen molar-refractivity contribution in [1.29, 1.82) is 0 Å². The molecule has 0 atom stereocenters. The third-order valence-corrected chi connectivity index (χ3v) is 5.40. The van der Waals surface area contributed by atoms with E-state index in [1.54, 1.807) is 13.0 Å². The molecule has 0 unspecified atom stereocenters. The summed E-state index contributed by atoms with van der Waals surface area (Å²) in [5.74, 6) is 0.693. The van der Waals surface area contributed by atoms with Crippen molar-refractivity contribution in [3.05, 3.63) is 94.9 Å². The Hall–Kier alpha value is -3.54. The Labute approximate surface area is 180 Å². The molecular weight excluding hydrogens is 393 g/mol. The standard InChI is InChI=1S/C25H24FN3O2/c1-16-5-7-18(8-6-16)25(3,4)19-9-11-21(12-10-19)30-15-20-13-22(23(26)14-27-20)24-29-28-17(2)31-24/h5-14H,15H2,1-4H3. The van der Waals surface area contributed by atoms with Crippen LogP contribution < -0.4 is 4.74 Å². The minimum Gasteiger partial charge on any atom is -0.487 e. The molecule has 4 rings (SSSR count). The van der Waals surface area contributed by atoms with E-state index in [1.165, 1.54) is 16.7 Å². The quantitative estimate of drug-likeness (QED) is 0.397. The van der Waals surface area contributed by atoms with Crippen LogP contribution in [-0.2, 0) is 12.0 Å². The highest BCUT2D eigenvalue weighted by molar-refractivity contribution is 5.53. The Balaban J connectivity index is 1.47. The van der Waals surface area contributed by atoms with E-state index < -0.39 is 5.82 Å². The molecule has 0 saturated heterocycles. The molecule has 0 saturated carbocycles. The van der Waals surface area contributed by atoms with Crippen LogP contribution in [-0.4, -0.2) is 15.2 Å². The van der Waals surface area contributed by atoms with E-state index in [9.17, 15) is 4.39 Å². The lowest BCUT2D eigenvalue weighted by Crippen LogP contribution is -2.18. The van der Waals surface area contributed by atoms with E-state index in [0.717, 1.165) is 6.20 Å². The van der Waals surface area contributed by atoms with Crippen LogP contribution in [0.25, 0.3) is 11.5 Å². The van der Waals surface area contributed by atoms with Crippen molar-refractivity contribution < 1.29 is 13.5 Å². The van der Waals surface area contributed by atoms with Crippen LogP contribution in [0.3, 0.4) is 0 Å². The number of nitrogens with zero attached hydrogens (tertiary/aromatic N) is 3. The minimum atomic E-state index is -0.518. The molecule has 4 aromatic rings. The van der Waals surface area contributed by atoms with Gasteiger partial charge in [0.15, 0.2) is 5.82 Å². The minimum absolute atomic E-state index is 0.123. The summed E-state index contributed by atoms with van der Waals surface area (Å²) in [7, 11) is 0. The van der Waals surface area contributed by atoms with Gasteiger partial charge in [-0.15, -0.1) is 10.2 Å². The lowest BCUT2D eigenvalue weighted by molar-refractivity contribution is 0.301. The Kier molecular flexibility index (Phi) is 5.55. The molecule has 0 amide bonds. The summed E-state index contributed by atoms with van der Waals surface area (Å²) in [5, 5.41) is 7.62. The molecule has 0 fully saturated rings. The maximum absolute atomic E-state index is 14.1. The second-order valence-electron chi connectivity index (χ2n) is 8.09. The van der Waals surface area contributed by atoms with Gasteiger partial charge in [0.1, 0.15) is 12.4 Å². The van der Waals surface area contributed by atoms with E-state index in [0.29, 0.717) is 17.3 Å². The summed E-state index contributed by atoms with van der Waals surface area (Å²) in [6.07, 6.45) is 1.14. The molecule has 5 nitrogen and oxygen atoms in total. The zero-order valence-electron chi connectivity index (χ0n) is 18.0. The molecule has 31 heavy (non-hydrogen) atoms. The molecule has 0 bridgehead atoms. The average Bonchev–Trinajstić information content (AvgIpc) is 3.20. The van der Waals surface area contributed by atoms with E-state index in [2.05, 4.69) is 72.4 Å². The van der Waals surface area contributed by atoms with Crippen molar-refractivity contribution in [1.82, 2.24) is 15.2 Å². The van der Waals surface area contributed by atoms with Gasteiger partial charge >= 0.3 is 0 Å². The van der Waals surface area contributed by atoms with Gasteiger partial charge in [0.25, 0.3) is 5.89 Å². The van der Waals surface area contributed by atoms with Gasteiger partial charge in [0.05, 0.1) is 17.5 Å². The molecule has 2 aromatic heterocycles. The first-order valence-corrected chi connectivity index (χ1v) is 10.1. The zero-order valence-corrected chi connectivity index (χ0v) is 18.0. The third-order valence-electron chi connectivity index (χ3n) is 5.40. The Morgan fingerprint density at radius 2 is 1.58 bits per heavy atom. The average molecular weight is 417 g/mol. The van der Waals surface area contributed by atoms with Gasteiger partial charge in [-0.05, 0) is 36.2 Å². The maximum atomic E-state index is 14.1. The maximum Gasteiger partial charge on any atom is 0.250 e. The van der Waals surface area contributed by atoms with Crippen molar-refractivity contribution in [3.8, 4) is 17.2 Å². The highest BCUT2D eigenvalue weighted by Crippen LogP contribution is 2.32. The molecule has 0 N–H and O–H groups in total. The molecule has 2 heterocycles. The molecule has 6 heteroatoms. The van der Waals surface area contributed by atoms with Crippen LogP contribution in [0, 0.1) is 19.7 Å². The summed E-state index contributed by atoms with van der Waals surface area (Å²) in [4.78, 5) is 4.10. The lowest BCUT2D eigenvalue weighted by atomic mass is 9.78. The van der Waals surface area contributed by atoms with Crippen molar-refractivity contribution in [2.45, 2.75) is 39.7 Å². The zero-order chi connectivity index (χ0) is 22.0. The van der Waals surface area contributed by atoms with Crippen LogP contribution >= 0.6 is 0 Å². The Morgan fingerprint density at radius 3 is 2.19 bits per heavy atom. The summed E-state index contributed by atoms with van der Waals surface area (Å²) in [6.45, 7) is 8.35. The smallest absolute Gasteiger partial charge is 0.250 e. The molecule has 158 valence electrons. The lowest BCUT2D eigenvalue weighted by Gasteiger charge is -2.26. The second-order valence-corrected chi connectivity index (χ2v) is 8.09. The summed E-state index contributed by atoms with van der Waals surface area (Å²) in [5.41, 5.74) is 4.35. The Morgan fingerprint density at radius 1 is 0.935 bits per heavy atom. The summed E-state index contributed by atoms with van der Waals surface area (Å²) < 4.78 is 25.3. The van der Waals surface area contributed by atoms with E-state index in [4.69, 9.17) is 9.15 Å². The van der Waals surface area contributed by atoms with Gasteiger partial charge < -0.3 is 9.15 Å². The molecular formula is C25H24FN3O2. The topological polar surface area (TPSA) is 61.0 Å². The molecule has 2 aromatic carbocycles. The van der Waals surface area contributed by atoms with Crippen molar-refractivity contribution in [3.63, 3.8) is 0 Å². The fraction of sp³-hybridized carbons (Fsp3) is 0.240. The van der Waals surface area contributed by atoms with Crippen LogP contribution in [0.5, 0.6) is 5.75 Å². The largest absolute Gasteiger partial charge is 0.487 e. The number of aromatic nitrogens is 3. The van der Waals surface area contributed by atoms with Crippen LogP contribution in [0.15, 0.2) is 65.2 Å². The van der Waals surface area contributed by atoms with Crippen LogP contribution in [0.4, 0.5) is 4.39 Å². The van der Waals surface area contributed by atoms with Gasteiger partial charge in [0.2, 0.25) is 5.89 Å². The number of pyridine rings is 1. The number of rotatable bonds is 6. The molecule has 0 spiro atoms. The van der Waals surface area contributed by atoms with Crippen LogP contribution in [0.2, 0.25) is 0 Å². The summed E-state index contributed by atoms with van der Waals surface area (Å²) >= 11 is 0. The molecule has 0 aliphatic carbocycles. The highest BCUT2D eigenvalue weighted by Gasteiger charge is 2.23. The molecule has 0 radical (unpaired) electrons. The van der Waals surface area contributed by atoms with E-state index in [1.807, 2.05) is 12.1 Å². The predicted octanol–water partition coefficient (Wildman–Crippen LogP) is 5.79. The third kappa shape index (κ3) is 4.48. The monoisotopic (exact) mass is 417 g/mol. The van der Waals surface area contributed by atoms with Gasteiger partial charge in [0, 0.05) is 12.3 Å². The predicted molar refractivity (Wildman–Crippen MR) is 116 cm³/mol. The SMILES string of the molecule is Cc1ccc(C(C)(C)c2ccc(OCc3cc(-c4nnc(C)o4)c(F)cn3)cc2)cc1. The molecule has 0 aliphatic heterocycles. The number of ether oxygens (including phenoxy) is 1. The Bertz CT molecular complexity index is 1180. The second kappa shape index (κ2) is 8.30. The number of halogens is 1. The van der Waals surface area contributed by atoms with Gasteiger partial charge in [-0.2, -0.15) is 0 Å². The highest BCUT2D eigenvalue weighted by atomic mass is 19.1. The fourth-order valence-corrected chi connectivity index (χ4v) is 3.39. The normalized spacial score (nSPS) is 11.5. The first-order chi connectivity index (χ1) is 14.8. The van der Waals surface area contributed by atoms with Gasteiger partial charge in [-0.3, -0.25) is 4.98 Å². The van der Waals surface area contributed by atoms with Gasteiger partial charge in [-0.1, -0.05) is 55.8 Å². The summed E-state index contributed by atoms with van der Waals surface area (Å²) in [6, 6.07) is 18.2. The van der Waals surface area contributed by atoms with Crippen molar-refractivity contribution >= 4 is 0 Å². The van der Waals surface area contributed by atoms with Crippen LogP contribution in [0.1, 0.15) is 42.1 Å². The fourth-order valence-electron chi connectivity index (χ4n) is 3.39. The number of benzene rings is 2. The first-order valence-electron chi connectivity index (χ1n) is 10.1. The van der Waals surface area contributed by atoms with Crippen molar-refractivity contribution in [2.24, 2.45) is 0 Å². The van der Waals surface area contributed by atoms with E-state index in [-0.39, 0.29) is 23.5 Å². The first kappa shape index (κ1) is 20.7. The number of hydrogen-bond acceptors (Lipinski definition) is 5.